The van der Waals surface area contributed by atoms with Crippen molar-refractivity contribution in [3.8, 4) is 39.6 Å². The van der Waals surface area contributed by atoms with Gasteiger partial charge in [-0.3, -0.25) is 0 Å². The van der Waals surface area contributed by atoms with Crippen molar-refractivity contribution < 1.29 is 38.1 Å². The second kappa shape index (κ2) is 21.1. The van der Waals surface area contributed by atoms with Crippen LogP contribution in [0.25, 0.3) is 93.2 Å². The Morgan fingerprint density at radius 1 is 0.442 bits per heavy atom. The molecule has 0 saturated heterocycles. The zero-order valence-corrected chi connectivity index (χ0v) is 53.3. The van der Waals surface area contributed by atoms with Crippen LogP contribution in [0.3, 0.4) is 0 Å². The molecule has 1 aliphatic heterocycles. The Bertz CT molecular complexity index is 5080. The summed E-state index contributed by atoms with van der Waals surface area (Å²) in [5.41, 5.74) is 7.54. The van der Waals surface area contributed by atoms with Crippen LogP contribution in [-0.2, 0) is 48.1 Å². The van der Waals surface area contributed by atoms with Crippen LogP contribution in [0.4, 0.5) is 11.4 Å². The van der Waals surface area contributed by atoms with Gasteiger partial charge in [0.05, 0.1) is 0 Å². The first-order valence-electron chi connectivity index (χ1n) is 33.9. The van der Waals surface area contributed by atoms with Gasteiger partial charge in [-0.2, -0.15) is 12.1 Å². The third-order valence-electron chi connectivity index (χ3n) is 17.0. The summed E-state index contributed by atoms with van der Waals surface area (Å²) in [7, 11) is 0. The van der Waals surface area contributed by atoms with Gasteiger partial charge >= 0.3 is 0 Å². The molecule has 1 aliphatic rings. The predicted octanol–water partition coefficient (Wildman–Crippen LogP) is 22.0. The van der Waals surface area contributed by atoms with E-state index in [4.69, 9.17) is 22.1 Å². The van der Waals surface area contributed by atoms with Crippen LogP contribution in [0.15, 0.2) is 188 Å². The molecule has 0 fully saturated rings. The maximum Gasteiger partial charge on any atom is 0.135 e. The van der Waals surface area contributed by atoms with Crippen molar-refractivity contribution in [1.82, 2.24) is 14.1 Å². The van der Waals surface area contributed by atoms with Gasteiger partial charge in [0.2, 0.25) is 0 Å². The standard InChI is InChI=1S/C80H77N4O.Pt/c1-76(2,3)52-34-37-59(69(45-52)80(13,14)15)50-33-36-63-66-29-21-28-60(51-41-54(78(7,8)9)44-55(42-51)79(10,11)12)74(66)83-49-82(71-32-22-30-67(75(71)83)61-25-16-17-26-62(61)68(63)43-50)56-23-20-24-57(47-56)85-58-35-38-65-64-27-18-19-31-70(64)84(72(65)48-58)73-46-53(39-40-81-73)77(4,5)6;/h16-46,49H,1-15H3;/q-3;/i7D3,8D3,9D3;. The minimum Gasteiger partial charge on any atom is -0.509 e. The summed E-state index contributed by atoms with van der Waals surface area (Å²) in [6, 6.07) is 68.9. The van der Waals surface area contributed by atoms with Gasteiger partial charge in [0.15, 0.2) is 0 Å². The molecule has 0 aliphatic carbocycles. The van der Waals surface area contributed by atoms with E-state index in [2.05, 4.69) is 204 Å². The predicted molar refractivity (Wildman–Crippen MR) is 361 cm³/mol. The number of anilines is 2. The Morgan fingerprint density at radius 2 is 1.05 bits per heavy atom. The van der Waals surface area contributed by atoms with Crippen molar-refractivity contribution in [2.75, 3.05) is 4.90 Å². The summed E-state index contributed by atoms with van der Waals surface area (Å²) >= 11 is 0. The number of benzene rings is 9. The number of aromatic nitrogens is 3. The fourth-order valence-corrected chi connectivity index (χ4v) is 12.4. The Kier molecular flexibility index (Phi) is 11.8. The normalized spacial score (nSPS) is 15.0. The monoisotopic (exact) mass is 1310 g/mol. The maximum atomic E-state index is 8.95. The van der Waals surface area contributed by atoms with Crippen LogP contribution >= 0.6 is 0 Å². The summed E-state index contributed by atoms with van der Waals surface area (Å²) in [6.07, 6.45) is 1.86. The molecular weight excluding hydrogens is 1230 g/mol. The Hall–Kier alpha value is -8.11. The van der Waals surface area contributed by atoms with Crippen molar-refractivity contribution in [2.24, 2.45) is 0 Å². The Balaban J connectivity index is 0.00000864. The fourth-order valence-electron chi connectivity index (χ4n) is 12.4. The molecule has 3 aromatic heterocycles. The van der Waals surface area contributed by atoms with Crippen molar-refractivity contribution in [2.45, 2.75) is 131 Å². The average molecular weight is 1310 g/mol. The van der Waals surface area contributed by atoms with E-state index in [1.54, 1.807) is 0 Å². The molecule has 0 spiro atoms. The Morgan fingerprint density at radius 3 is 1.76 bits per heavy atom. The van der Waals surface area contributed by atoms with E-state index in [9.17, 15) is 0 Å². The molecule has 4 heterocycles. The second-order valence-electron chi connectivity index (χ2n) is 27.2. The van der Waals surface area contributed by atoms with Crippen LogP contribution in [0.5, 0.6) is 11.5 Å². The number of para-hydroxylation sites is 3. The molecule has 86 heavy (non-hydrogen) atoms. The molecule has 9 aromatic carbocycles. The summed E-state index contributed by atoms with van der Waals surface area (Å²) in [6.45, 7) is 17.5. The van der Waals surface area contributed by atoms with Crippen molar-refractivity contribution >= 4 is 76.5 Å². The molecule has 0 unspecified atom stereocenters. The largest absolute Gasteiger partial charge is 0.509 e. The number of hydrogen-bond donors (Lipinski definition) is 0. The SMILES string of the molecule is [2H]C([2H])([2H])C(c1cc(-c2cccc3c4ccc(-c5ccc(C(C)(C)C)cc5C(C)(C)C)cc4c4ccccc4c4cccc5c4n(c23)[CH-]N5c2[c-]c(Oc3[c-]c4c(cc3)c3ccccc3n4-c3cc(C(C)(C)C)ccn3)ccc2)cc(C(C)(C)C)c1)(C([2H])([2H])[2H])C([2H])([2H])[2H].[Pt]. The molecule has 0 atom stereocenters. The number of hydrogen-bond acceptors (Lipinski definition) is 3. The molecular formula is C80H77N4OPt-3. The minimum atomic E-state index is -3.50. The van der Waals surface area contributed by atoms with Gasteiger partial charge in [0.25, 0.3) is 0 Å². The summed E-state index contributed by atoms with van der Waals surface area (Å²) in [5.74, 6) is 1.71. The number of nitrogens with zero attached hydrogens (tertiary/aromatic N) is 4. The summed E-state index contributed by atoms with van der Waals surface area (Å²) < 4.78 is 91.7. The summed E-state index contributed by atoms with van der Waals surface area (Å²) in [5, 5.41) is 7.65. The van der Waals surface area contributed by atoms with E-state index in [-0.39, 0.29) is 42.9 Å². The van der Waals surface area contributed by atoms with Gasteiger partial charge in [0.1, 0.15) is 5.82 Å². The molecule has 6 heteroatoms. The number of fused-ring (bicyclic) bond motifs is 10. The number of rotatable bonds is 6. The number of ether oxygens (including phenoxy) is 1. The van der Waals surface area contributed by atoms with Crippen LogP contribution in [-0.4, -0.2) is 14.1 Å². The minimum absolute atomic E-state index is 0. The van der Waals surface area contributed by atoms with Gasteiger partial charge in [0, 0.05) is 62.3 Å². The van der Waals surface area contributed by atoms with Crippen molar-refractivity contribution in [1.29, 1.82) is 0 Å². The van der Waals surface area contributed by atoms with Crippen LogP contribution in [0, 0.1) is 18.8 Å². The van der Waals surface area contributed by atoms with E-state index in [1.165, 1.54) is 23.3 Å². The molecule has 0 saturated carbocycles. The average Bonchev–Trinajstić information content (AvgIpc) is 1.65. The first-order chi connectivity index (χ1) is 44.0. The van der Waals surface area contributed by atoms with Gasteiger partial charge in [-0.25, -0.2) is 4.98 Å². The van der Waals surface area contributed by atoms with Gasteiger partial charge in [-0.15, -0.1) is 35.7 Å². The molecule has 0 radical (unpaired) electrons. The Labute approximate surface area is 535 Å². The van der Waals surface area contributed by atoms with E-state index >= 15 is 0 Å². The van der Waals surface area contributed by atoms with Crippen LogP contribution in [0.2, 0.25) is 0 Å². The molecule has 13 rings (SSSR count). The summed E-state index contributed by atoms with van der Waals surface area (Å²) in [4.78, 5) is 6.98. The zero-order chi connectivity index (χ0) is 67.2. The quantitative estimate of drug-likeness (QED) is 0.156. The zero-order valence-electron chi connectivity index (χ0n) is 60.0. The van der Waals surface area contributed by atoms with Crippen LogP contribution < -0.4 is 9.64 Å². The maximum absolute atomic E-state index is 8.95. The smallest absolute Gasteiger partial charge is 0.135 e. The molecule has 12 aromatic rings. The molecule has 0 bridgehead atoms. The molecule has 436 valence electrons. The van der Waals surface area contributed by atoms with Gasteiger partial charge in [-0.1, -0.05) is 236 Å². The third-order valence-corrected chi connectivity index (χ3v) is 17.0. The molecule has 0 N–H and O–H groups in total. The first kappa shape index (κ1) is 48.1. The fraction of sp³-hybridized carbons (Fsp3) is 0.250. The van der Waals surface area contributed by atoms with Crippen molar-refractivity contribution in [3.63, 3.8) is 0 Å². The van der Waals surface area contributed by atoms with E-state index < -0.39 is 31.4 Å². The second-order valence-corrected chi connectivity index (χ2v) is 27.2. The number of pyridine rings is 1. The van der Waals surface area contributed by atoms with Crippen molar-refractivity contribution in [3.05, 3.63) is 235 Å². The molecule has 0 amide bonds. The van der Waals surface area contributed by atoms with Crippen LogP contribution in [0.1, 0.15) is 144 Å². The van der Waals surface area contributed by atoms with E-state index in [0.717, 1.165) is 87.8 Å². The van der Waals surface area contributed by atoms with E-state index in [1.807, 2.05) is 88.2 Å². The first-order valence-corrected chi connectivity index (χ1v) is 29.4. The molecule has 5 nitrogen and oxygen atoms in total. The topological polar surface area (TPSA) is 35.2 Å². The van der Waals surface area contributed by atoms with Gasteiger partial charge < -0.3 is 18.8 Å². The third kappa shape index (κ3) is 10.3. The van der Waals surface area contributed by atoms with Gasteiger partial charge in [-0.05, 0) is 163 Å². The van der Waals surface area contributed by atoms with E-state index in [0.29, 0.717) is 39.4 Å².